The summed E-state index contributed by atoms with van der Waals surface area (Å²) in [5.74, 6) is 0.481. The molecule has 1 atom stereocenters. The molecule has 0 aliphatic heterocycles. The third-order valence-electron chi connectivity index (χ3n) is 3.52. The summed E-state index contributed by atoms with van der Waals surface area (Å²) in [6, 6.07) is 19.0. The minimum absolute atomic E-state index is 0.481. The molecule has 0 spiro atoms. The van der Waals surface area contributed by atoms with Gasteiger partial charge in [0.25, 0.3) is 0 Å². The van der Waals surface area contributed by atoms with Gasteiger partial charge in [0.05, 0.1) is 0 Å². The second-order valence-corrected chi connectivity index (χ2v) is 6.01. The second-order valence-electron chi connectivity index (χ2n) is 5.11. The van der Waals surface area contributed by atoms with Crippen LogP contribution in [-0.2, 0) is 0 Å². The Morgan fingerprint density at radius 3 is 2.71 bits per heavy atom. The normalized spacial score (nSPS) is 12.0. The van der Waals surface area contributed by atoms with Gasteiger partial charge in [0.2, 0.25) is 0 Å². The first-order valence-corrected chi connectivity index (χ1v) is 7.99. The van der Waals surface area contributed by atoms with E-state index in [4.69, 9.17) is 0 Å². The summed E-state index contributed by atoms with van der Waals surface area (Å²) < 4.78 is 0. The predicted octanol–water partition coefficient (Wildman–Crippen LogP) is 5.03. The summed E-state index contributed by atoms with van der Waals surface area (Å²) in [6.07, 6.45) is 1.84. The number of hydrogen-bond donors (Lipinski definition) is 1. The maximum atomic E-state index is 4.36. The molecule has 106 valence electrons. The SMILES string of the molecule is CC(CNc1cccc(-c2nccs2)c1)c1ccccc1. The number of nitrogens with one attached hydrogen (secondary N) is 1. The van der Waals surface area contributed by atoms with Gasteiger partial charge in [-0.15, -0.1) is 11.3 Å². The van der Waals surface area contributed by atoms with Crippen LogP contribution in [0.2, 0.25) is 0 Å². The highest BCUT2D eigenvalue weighted by Gasteiger charge is 2.05. The van der Waals surface area contributed by atoms with E-state index < -0.39 is 0 Å². The zero-order valence-corrected chi connectivity index (χ0v) is 12.8. The summed E-state index contributed by atoms with van der Waals surface area (Å²) in [5, 5.41) is 6.59. The van der Waals surface area contributed by atoms with Gasteiger partial charge in [-0.05, 0) is 23.6 Å². The van der Waals surface area contributed by atoms with Gasteiger partial charge in [-0.2, -0.15) is 0 Å². The van der Waals surface area contributed by atoms with E-state index in [2.05, 4.69) is 71.8 Å². The molecule has 3 aromatic rings. The molecular formula is C18H18N2S. The van der Waals surface area contributed by atoms with E-state index in [0.29, 0.717) is 5.92 Å². The number of aromatic nitrogens is 1. The molecule has 0 bridgehead atoms. The van der Waals surface area contributed by atoms with Crippen molar-refractivity contribution in [1.29, 1.82) is 0 Å². The topological polar surface area (TPSA) is 24.9 Å². The molecule has 0 radical (unpaired) electrons. The molecule has 0 saturated heterocycles. The van der Waals surface area contributed by atoms with Crippen LogP contribution >= 0.6 is 11.3 Å². The van der Waals surface area contributed by atoms with Crippen molar-refractivity contribution < 1.29 is 0 Å². The Balaban J connectivity index is 1.67. The van der Waals surface area contributed by atoms with Gasteiger partial charge in [0.15, 0.2) is 0 Å². The average molecular weight is 294 g/mol. The van der Waals surface area contributed by atoms with Crippen LogP contribution in [0.5, 0.6) is 0 Å². The molecule has 2 aromatic carbocycles. The number of rotatable bonds is 5. The fourth-order valence-electron chi connectivity index (χ4n) is 2.30. The van der Waals surface area contributed by atoms with Gasteiger partial charge in [-0.3, -0.25) is 0 Å². The van der Waals surface area contributed by atoms with Crippen molar-refractivity contribution in [2.24, 2.45) is 0 Å². The Labute approximate surface area is 129 Å². The van der Waals surface area contributed by atoms with E-state index in [1.807, 2.05) is 11.6 Å². The molecule has 3 rings (SSSR count). The Morgan fingerprint density at radius 1 is 1.10 bits per heavy atom. The molecule has 0 aliphatic rings. The van der Waals surface area contributed by atoms with Crippen LogP contribution in [0.4, 0.5) is 5.69 Å². The molecule has 1 N–H and O–H groups in total. The molecule has 1 heterocycles. The number of anilines is 1. The standard InChI is InChI=1S/C18H18N2S/c1-14(15-6-3-2-4-7-15)13-20-17-9-5-8-16(12-17)18-19-10-11-21-18/h2-12,14,20H,13H2,1H3. The van der Waals surface area contributed by atoms with Crippen molar-refractivity contribution in [3.8, 4) is 10.6 Å². The lowest BCUT2D eigenvalue weighted by Crippen LogP contribution is -2.09. The largest absolute Gasteiger partial charge is 0.384 e. The Hall–Kier alpha value is -2.13. The third kappa shape index (κ3) is 3.50. The zero-order valence-electron chi connectivity index (χ0n) is 12.0. The predicted molar refractivity (Wildman–Crippen MR) is 90.9 cm³/mol. The highest BCUT2D eigenvalue weighted by molar-refractivity contribution is 7.13. The van der Waals surface area contributed by atoms with Crippen molar-refractivity contribution in [3.05, 3.63) is 71.7 Å². The van der Waals surface area contributed by atoms with Crippen molar-refractivity contribution in [2.45, 2.75) is 12.8 Å². The van der Waals surface area contributed by atoms with Gasteiger partial charge in [0.1, 0.15) is 5.01 Å². The average Bonchev–Trinajstić information content (AvgIpc) is 3.08. The Morgan fingerprint density at radius 2 is 1.95 bits per heavy atom. The van der Waals surface area contributed by atoms with Gasteiger partial charge in [0, 0.05) is 29.4 Å². The minimum atomic E-state index is 0.481. The highest BCUT2D eigenvalue weighted by atomic mass is 32.1. The quantitative estimate of drug-likeness (QED) is 0.714. The number of benzene rings is 2. The fourth-order valence-corrected chi connectivity index (χ4v) is 2.93. The lowest BCUT2D eigenvalue weighted by atomic mass is 10.0. The summed E-state index contributed by atoms with van der Waals surface area (Å²) in [6.45, 7) is 3.17. The number of hydrogen-bond acceptors (Lipinski definition) is 3. The van der Waals surface area contributed by atoms with Crippen molar-refractivity contribution in [2.75, 3.05) is 11.9 Å². The van der Waals surface area contributed by atoms with Crippen LogP contribution in [-0.4, -0.2) is 11.5 Å². The molecule has 1 aromatic heterocycles. The smallest absolute Gasteiger partial charge is 0.123 e. The first kappa shape index (κ1) is 13.8. The van der Waals surface area contributed by atoms with E-state index in [9.17, 15) is 0 Å². The van der Waals surface area contributed by atoms with E-state index >= 15 is 0 Å². The van der Waals surface area contributed by atoms with Gasteiger partial charge in [-0.1, -0.05) is 49.4 Å². The molecule has 0 amide bonds. The number of thiazole rings is 1. The minimum Gasteiger partial charge on any atom is -0.384 e. The molecule has 1 unspecified atom stereocenters. The van der Waals surface area contributed by atoms with E-state index in [0.717, 1.165) is 17.2 Å². The molecule has 0 aliphatic carbocycles. The van der Waals surface area contributed by atoms with Crippen molar-refractivity contribution in [3.63, 3.8) is 0 Å². The van der Waals surface area contributed by atoms with Crippen LogP contribution in [0.25, 0.3) is 10.6 Å². The lowest BCUT2D eigenvalue weighted by Gasteiger charge is -2.14. The van der Waals surface area contributed by atoms with Crippen molar-refractivity contribution in [1.82, 2.24) is 4.98 Å². The Kier molecular flexibility index (Phi) is 4.31. The maximum absolute atomic E-state index is 4.36. The molecule has 2 nitrogen and oxygen atoms in total. The zero-order chi connectivity index (χ0) is 14.5. The van der Waals surface area contributed by atoms with E-state index in [1.165, 1.54) is 11.1 Å². The highest BCUT2D eigenvalue weighted by Crippen LogP contribution is 2.25. The summed E-state index contributed by atoms with van der Waals surface area (Å²) in [4.78, 5) is 4.36. The van der Waals surface area contributed by atoms with E-state index in [-0.39, 0.29) is 0 Å². The molecule has 21 heavy (non-hydrogen) atoms. The van der Waals surface area contributed by atoms with E-state index in [1.54, 1.807) is 11.3 Å². The third-order valence-corrected chi connectivity index (χ3v) is 4.34. The molecule has 0 saturated carbocycles. The Bertz CT molecular complexity index is 677. The van der Waals surface area contributed by atoms with Gasteiger partial charge in [-0.25, -0.2) is 4.98 Å². The first-order valence-electron chi connectivity index (χ1n) is 7.11. The molecule has 3 heteroatoms. The van der Waals surface area contributed by atoms with Crippen LogP contribution in [0.15, 0.2) is 66.2 Å². The summed E-state index contributed by atoms with van der Waals surface area (Å²) in [5.41, 5.74) is 3.67. The maximum Gasteiger partial charge on any atom is 0.123 e. The van der Waals surface area contributed by atoms with Crippen LogP contribution < -0.4 is 5.32 Å². The monoisotopic (exact) mass is 294 g/mol. The second kappa shape index (κ2) is 6.55. The summed E-state index contributed by atoms with van der Waals surface area (Å²) >= 11 is 1.67. The fraction of sp³-hybridized carbons (Fsp3) is 0.167. The lowest BCUT2D eigenvalue weighted by molar-refractivity contribution is 0.805. The number of nitrogens with zero attached hydrogens (tertiary/aromatic N) is 1. The van der Waals surface area contributed by atoms with Gasteiger partial charge >= 0.3 is 0 Å². The molecular weight excluding hydrogens is 276 g/mol. The van der Waals surface area contributed by atoms with Gasteiger partial charge < -0.3 is 5.32 Å². The van der Waals surface area contributed by atoms with Crippen LogP contribution in [0.1, 0.15) is 18.4 Å². The molecule has 0 fully saturated rings. The van der Waals surface area contributed by atoms with Crippen LogP contribution in [0.3, 0.4) is 0 Å². The summed E-state index contributed by atoms with van der Waals surface area (Å²) in [7, 11) is 0. The first-order chi connectivity index (χ1) is 10.3. The van der Waals surface area contributed by atoms with Crippen LogP contribution in [0, 0.1) is 0 Å². The van der Waals surface area contributed by atoms with Crippen molar-refractivity contribution >= 4 is 17.0 Å².